The average molecular weight is 287 g/mol. The normalized spacial score (nSPS) is 75.4. The lowest BCUT2D eigenvalue weighted by Crippen LogP contribution is -2.60. The second kappa shape index (κ2) is 2.89. The molecule has 0 aromatic heterocycles. The molecule has 5 aliphatic carbocycles. The van der Waals surface area contributed by atoms with Gasteiger partial charge in [-0.3, -0.25) is 0 Å². The van der Waals surface area contributed by atoms with Crippen LogP contribution in [0.5, 0.6) is 0 Å². The summed E-state index contributed by atoms with van der Waals surface area (Å²) < 4.78 is 0. The third-order valence-electron chi connectivity index (χ3n) is 12.2. The highest BCUT2D eigenvalue weighted by Crippen LogP contribution is 2.97. The van der Waals surface area contributed by atoms with Gasteiger partial charge in [-0.2, -0.15) is 0 Å². The topological polar surface area (TPSA) is 0 Å². The van der Waals surface area contributed by atoms with Gasteiger partial charge < -0.3 is 0 Å². The third kappa shape index (κ3) is 0.783. The highest BCUT2D eigenvalue weighted by Gasteiger charge is 2.92. The van der Waals surface area contributed by atoms with E-state index in [-0.39, 0.29) is 0 Å². The molecule has 10 atom stereocenters. The van der Waals surface area contributed by atoms with Crippen molar-refractivity contribution in [3.05, 3.63) is 0 Å². The van der Waals surface area contributed by atoms with Gasteiger partial charge in [0.2, 0.25) is 0 Å². The summed E-state index contributed by atoms with van der Waals surface area (Å²) >= 11 is 0. The Morgan fingerprint density at radius 3 is 1.95 bits per heavy atom. The van der Waals surface area contributed by atoms with Gasteiger partial charge in [0.05, 0.1) is 0 Å². The smallest absolute Gasteiger partial charge is 0.0168 e. The maximum atomic E-state index is 2.73. The monoisotopic (exact) mass is 286 g/mol. The van der Waals surface area contributed by atoms with Crippen LogP contribution < -0.4 is 0 Å². The van der Waals surface area contributed by atoms with Gasteiger partial charge in [0, 0.05) is 0 Å². The van der Waals surface area contributed by atoms with Crippen LogP contribution in [0.25, 0.3) is 0 Å². The summed E-state index contributed by atoms with van der Waals surface area (Å²) in [5.74, 6) is 5.81. The molecule has 0 heteroatoms. The quantitative estimate of drug-likeness (QED) is 0.542. The Balaban J connectivity index is 1.92. The molecule has 0 heterocycles. The molecular weight excluding hydrogens is 252 g/mol. The van der Waals surface area contributed by atoms with E-state index in [4.69, 9.17) is 0 Å². The predicted molar refractivity (Wildman–Crippen MR) is 87.7 cm³/mol. The van der Waals surface area contributed by atoms with Crippen molar-refractivity contribution in [1.82, 2.24) is 0 Å². The molecule has 0 radical (unpaired) electrons. The lowest BCUT2D eigenvalue weighted by atomic mass is 9.39. The van der Waals surface area contributed by atoms with Gasteiger partial charge >= 0.3 is 0 Å². The van der Waals surface area contributed by atoms with Crippen molar-refractivity contribution in [3.8, 4) is 0 Å². The number of hydrogen-bond donors (Lipinski definition) is 0. The summed E-state index contributed by atoms with van der Waals surface area (Å²) in [7, 11) is 0. The van der Waals surface area contributed by atoms with Crippen LogP contribution in [0.1, 0.15) is 68.2 Å². The van der Waals surface area contributed by atoms with Gasteiger partial charge in [-0.15, -0.1) is 0 Å². The molecule has 5 saturated carbocycles. The Labute approximate surface area is 131 Å². The van der Waals surface area contributed by atoms with Crippen LogP contribution in [-0.2, 0) is 0 Å². The molecule has 5 fully saturated rings. The molecule has 5 aliphatic rings. The van der Waals surface area contributed by atoms with Crippen LogP contribution in [0.2, 0.25) is 0 Å². The van der Waals surface area contributed by atoms with E-state index in [9.17, 15) is 0 Å². The van der Waals surface area contributed by atoms with E-state index >= 15 is 0 Å². The fraction of sp³-hybridized carbons (Fsp3) is 1.00. The molecular formula is C21H34. The fourth-order valence-electron chi connectivity index (χ4n) is 10.6. The van der Waals surface area contributed by atoms with Crippen molar-refractivity contribution in [2.45, 2.75) is 68.2 Å². The molecule has 5 rings (SSSR count). The third-order valence-corrected chi connectivity index (χ3v) is 12.2. The molecule has 0 saturated heterocycles. The van der Waals surface area contributed by atoms with Crippen LogP contribution in [0.15, 0.2) is 0 Å². The largest absolute Gasteiger partial charge is 0.0617 e. The van der Waals surface area contributed by atoms with Crippen LogP contribution in [-0.4, -0.2) is 0 Å². The van der Waals surface area contributed by atoms with E-state index < -0.39 is 0 Å². The maximum absolute atomic E-state index is 2.73. The first kappa shape index (κ1) is 13.4. The second-order valence-electron chi connectivity index (χ2n) is 11.1. The van der Waals surface area contributed by atoms with Crippen LogP contribution >= 0.6 is 0 Å². The summed E-state index contributed by atoms with van der Waals surface area (Å²) in [5.41, 5.74) is 2.97. The zero-order valence-electron chi connectivity index (χ0n) is 15.4. The van der Waals surface area contributed by atoms with Crippen molar-refractivity contribution >= 4 is 0 Å². The Hall–Kier alpha value is 0. The highest BCUT2D eigenvalue weighted by molar-refractivity contribution is 5.39. The van der Waals surface area contributed by atoms with E-state index in [2.05, 4.69) is 55.4 Å². The first-order valence-corrected chi connectivity index (χ1v) is 9.53. The van der Waals surface area contributed by atoms with E-state index in [1.54, 1.807) is 12.8 Å². The molecule has 0 aromatic rings. The minimum absolute atomic E-state index is 0.544. The van der Waals surface area contributed by atoms with Crippen molar-refractivity contribution in [2.75, 3.05) is 0 Å². The molecule has 118 valence electrons. The van der Waals surface area contributed by atoms with Crippen molar-refractivity contribution in [3.63, 3.8) is 0 Å². The Kier molecular flexibility index (Phi) is 1.85. The maximum Gasteiger partial charge on any atom is -0.0168 e. The van der Waals surface area contributed by atoms with E-state index in [0.29, 0.717) is 27.1 Å². The summed E-state index contributed by atoms with van der Waals surface area (Å²) in [5, 5.41) is 0. The van der Waals surface area contributed by atoms with Crippen LogP contribution in [0.3, 0.4) is 0 Å². The highest BCUT2D eigenvalue weighted by atomic mass is 15.0. The van der Waals surface area contributed by atoms with Gasteiger partial charge in [0.15, 0.2) is 0 Å². The van der Waals surface area contributed by atoms with E-state index in [0.717, 1.165) is 35.5 Å². The molecule has 21 heavy (non-hydrogen) atoms. The van der Waals surface area contributed by atoms with Gasteiger partial charge in [-0.05, 0) is 75.4 Å². The molecule has 1 spiro atoms. The molecule has 0 N–H and O–H groups in total. The average Bonchev–Trinajstić information content (AvgIpc) is 2.50. The van der Waals surface area contributed by atoms with Gasteiger partial charge in [-0.25, -0.2) is 0 Å². The molecule has 0 amide bonds. The van der Waals surface area contributed by atoms with Crippen LogP contribution in [0.4, 0.5) is 0 Å². The zero-order valence-corrected chi connectivity index (χ0v) is 15.4. The molecule has 4 bridgehead atoms. The molecule has 0 aliphatic heterocycles. The van der Waals surface area contributed by atoms with Crippen molar-refractivity contribution in [1.29, 1.82) is 0 Å². The predicted octanol–water partition coefficient (Wildman–Crippen LogP) is 5.62. The molecule has 10 unspecified atom stereocenters. The van der Waals surface area contributed by atoms with Crippen molar-refractivity contribution in [2.24, 2.45) is 62.6 Å². The van der Waals surface area contributed by atoms with E-state index in [1.807, 2.05) is 0 Å². The Morgan fingerprint density at radius 2 is 1.33 bits per heavy atom. The molecule has 0 nitrogen and oxygen atoms in total. The van der Waals surface area contributed by atoms with Crippen LogP contribution in [0, 0.1) is 62.6 Å². The Bertz CT molecular complexity index is 554. The number of fused-ring (bicyclic) bond motifs is 3. The zero-order chi connectivity index (χ0) is 15.4. The number of hydrogen-bond acceptors (Lipinski definition) is 0. The number of rotatable bonds is 0. The van der Waals surface area contributed by atoms with Gasteiger partial charge in [0.1, 0.15) is 0 Å². The summed E-state index contributed by atoms with van der Waals surface area (Å²) in [6.07, 6.45) is 3.10. The lowest BCUT2D eigenvalue weighted by molar-refractivity contribution is -0.175. The Morgan fingerprint density at radius 1 is 0.762 bits per heavy atom. The fourth-order valence-corrected chi connectivity index (χ4v) is 10.6. The minimum Gasteiger partial charge on any atom is -0.0617 e. The SMILES string of the molecule is CC1C(C)C2(C)C3C(C)C1(C)C14CC2(C)C(C)(C)C1CC34. The summed E-state index contributed by atoms with van der Waals surface area (Å²) in [6.45, 7) is 21.4. The second-order valence-corrected chi connectivity index (χ2v) is 11.1. The standard InChI is InChI=1S/C21H34/c1-11-12(2)20(8)16-13(3)19(11,7)21-10-18(20,6)17(4,5)15(21)9-14(16)21/h11-16H,9-10H2,1-8H3. The van der Waals surface area contributed by atoms with Gasteiger partial charge in [-0.1, -0.05) is 55.4 Å². The summed E-state index contributed by atoms with van der Waals surface area (Å²) in [6, 6.07) is 0. The first-order valence-electron chi connectivity index (χ1n) is 9.53. The summed E-state index contributed by atoms with van der Waals surface area (Å²) in [4.78, 5) is 0. The lowest BCUT2D eigenvalue weighted by Gasteiger charge is -2.65. The van der Waals surface area contributed by atoms with Crippen molar-refractivity contribution < 1.29 is 0 Å². The first-order chi connectivity index (χ1) is 9.53. The van der Waals surface area contributed by atoms with Gasteiger partial charge in [0.25, 0.3) is 0 Å². The molecule has 0 aromatic carbocycles. The minimum atomic E-state index is 0.544. The van der Waals surface area contributed by atoms with E-state index in [1.165, 1.54) is 0 Å².